The molecule has 1 aromatic rings. The van der Waals surface area contributed by atoms with Gasteiger partial charge in [-0.05, 0) is 35.5 Å². The lowest BCUT2D eigenvalue weighted by atomic mass is 9.62. The Morgan fingerprint density at radius 2 is 1.97 bits per heavy atom. The molecule has 8 heteroatoms. The zero-order valence-corrected chi connectivity index (χ0v) is 20.1. The van der Waals surface area contributed by atoms with Gasteiger partial charge < -0.3 is 25.6 Å². The van der Waals surface area contributed by atoms with Gasteiger partial charge in [0.1, 0.15) is 5.60 Å². The van der Waals surface area contributed by atoms with Crippen LogP contribution in [-0.4, -0.2) is 73.0 Å². The van der Waals surface area contributed by atoms with Crippen LogP contribution in [0.15, 0.2) is 24.3 Å². The van der Waals surface area contributed by atoms with Crippen molar-refractivity contribution < 1.29 is 14.3 Å². The molecular formula is C22H33IN4O3. The number of fused-ring (bicyclic) bond motifs is 2. The first-order chi connectivity index (χ1) is 14.5. The number of urea groups is 1. The second-order valence-electron chi connectivity index (χ2n) is 8.25. The molecule has 30 heavy (non-hydrogen) atoms. The molecule has 2 unspecified atom stereocenters. The number of carbonyl (C=O) groups excluding carboxylic acids is 2. The summed E-state index contributed by atoms with van der Waals surface area (Å²) in [6.07, 6.45) is 3.41. The van der Waals surface area contributed by atoms with Crippen LogP contribution in [0.5, 0.6) is 0 Å². The van der Waals surface area contributed by atoms with Gasteiger partial charge in [0.25, 0.3) is 0 Å². The highest BCUT2D eigenvalue weighted by molar-refractivity contribution is 14.1. The zero-order valence-electron chi connectivity index (χ0n) is 17.9. The molecule has 3 fully saturated rings. The van der Waals surface area contributed by atoms with Crippen LogP contribution in [0.2, 0.25) is 0 Å². The number of halogens is 1. The Morgan fingerprint density at radius 1 is 1.27 bits per heavy atom. The fourth-order valence-corrected chi connectivity index (χ4v) is 5.53. The number of ether oxygens (including phenoxy) is 1. The van der Waals surface area contributed by atoms with Crippen LogP contribution < -0.4 is 11.1 Å². The first-order valence-corrected chi connectivity index (χ1v) is 12.8. The molecule has 2 heterocycles. The lowest BCUT2D eigenvalue weighted by Crippen LogP contribution is -2.59. The Hall–Kier alpha value is -1.39. The second-order valence-corrected chi connectivity index (χ2v) is 8.25. The zero-order chi connectivity index (χ0) is 21.7. The van der Waals surface area contributed by atoms with Gasteiger partial charge in [0.05, 0.1) is 0 Å². The van der Waals surface area contributed by atoms with Gasteiger partial charge in [-0.2, -0.15) is 0 Å². The van der Waals surface area contributed by atoms with Gasteiger partial charge in [0.15, 0.2) is 0 Å². The van der Waals surface area contributed by atoms with Crippen molar-refractivity contribution in [3.63, 3.8) is 0 Å². The minimum absolute atomic E-state index is 0.0479. The van der Waals surface area contributed by atoms with E-state index in [1.165, 1.54) is 6.42 Å². The van der Waals surface area contributed by atoms with Gasteiger partial charge in [-0.3, -0.25) is 4.79 Å². The topological polar surface area (TPSA) is 87.9 Å². The molecule has 1 saturated carbocycles. The number of benzene rings is 1. The molecule has 3 aliphatic rings. The van der Waals surface area contributed by atoms with Crippen molar-refractivity contribution in [3.8, 4) is 0 Å². The number of hydrogen-bond acceptors (Lipinski definition) is 4. The van der Waals surface area contributed by atoms with Gasteiger partial charge in [0, 0.05) is 63.8 Å². The number of likely N-dealkylation sites (tertiary alicyclic amines) is 1. The van der Waals surface area contributed by atoms with Crippen LogP contribution >= 0.6 is 22.6 Å². The van der Waals surface area contributed by atoms with Crippen LogP contribution in [0.1, 0.15) is 35.2 Å². The molecule has 166 valence electrons. The summed E-state index contributed by atoms with van der Waals surface area (Å²) in [6.45, 7) is 5.08. The number of rotatable bonds is 6. The Kier molecular flexibility index (Phi) is 7.98. The fourth-order valence-electron chi connectivity index (χ4n) is 5.53. The molecule has 3 amide bonds. The van der Waals surface area contributed by atoms with Crippen LogP contribution in [0.25, 0.3) is 0 Å². The third kappa shape index (κ3) is 4.45. The van der Waals surface area contributed by atoms with Crippen molar-refractivity contribution in [2.24, 2.45) is 17.6 Å². The number of nitrogens with zero attached hydrogens (tertiary/aromatic N) is 2. The summed E-state index contributed by atoms with van der Waals surface area (Å²) in [5.41, 5.74) is 6.76. The predicted molar refractivity (Wildman–Crippen MR) is 126 cm³/mol. The van der Waals surface area contributed by atoms with Gasteiger partial charge >= 0.3 is 6.03 Å². The average molecular weight is 528 g/mol. The van der Waals surface area contributed by atoms with E-state index >= 15 is 0 Å². The number of methoxy groups -OCH3 is 1. The van der Waals surface area contributed by atoms with Gasteiger partial charge in [0.2, 0.25) is 5.91 Å². The fraction of sp³-hybridized carbons (Fsp3) is 0.636. The van der Waals surface area contributed by atoms with Crippen molar-refractivity contribution in [2.45, 2.75) is 24.9 Å². The Balaban J connectivity index is 0.00000124. The van der Waals surface area contributed by atoms with Gasteiger partial charge in [-0.25, -0.2) is 4.79 Å². The molecular weight excluding hydrogens is 495 g/mol. The number of carbonyl (C=O) groups is 2. The first-order valence-electron chi connectivity index (χ1n) is 10.6. The molecule has 1 aromatic carbocycles. The van der Waals surface area contributed by atoms with E-state index in [-0.39, 0.29) is 11.6 Å². The highest BCUT2D eigenvalue weighted by Gasteiger charge is 2.53. The third-order valence-electron chi connectivity index (χ3n) is 6.84. The van der Waals surface area contributed by atoms with E-state index < -0.39 is 5.91 Å². The number of primary amides is 1. The number of piperidine rings is 1. The molecule has 0 aromatic heterocycles. The summed E-state index contributed by atoms with van der Waals surface area (Å²) in [5, 5.41) is 2.87. The van der Waals surface area contributed by atoms with E-state index in [9.17, 15) is 9.59 Å². The van der Waals surface area contributed by atoms with Crippen LogP contribution in [0.4, 0.5) is 4.79 Å². The maximum absolute atomic E-state index is 11.8. The largest absolute Gasteiger partial charge is 0.373 e. The molecule has 3 N–H and O–H groups in total. The van der Waals surface area contributed by atoms with Crippen LogP contribution in [0.3, 0.4) is 0 Å². The van der Waals surface area contributed by atoms with E-state index in [1.807, 2.05) is 22.0 Å². The highest BCUT2D eigenvalue weighted by atomic mass is 127. The molecule has 1 aliphatic carbocycles. The maximum Gasteiger partial charge on any atom is 0.317 e. The second kappa shape index (κ2) is 10.3. The summed E-state index contributed by atoms with van der Waals surface area (Å²) < 4.78 is 6.26. The summed E-state index contributed by atoms with van der Waals surface area (Å²) >= 11 is 2.15. The summed E-state index contributed by atoms with van der Waals surface area (Å²) in [4.78, 5) is 29.8. The normalized spacial score (nSPS) is 28.5. The van der Waals surface area contributed by atoms with Crippen molar-refractivity contribution in [1.82, 2.24) is 15.1 Å². The van der Waals surface area contributed by atoms with Crippen molar-refractivity contribution in [2.75, 3.05) is 51.3 Å². The highest BCUT2D eigenvalue weighted by Crippen LogP contribution is 2.51. The number of amides is 3. The van der Waals surface area contributed by atoms with E-state index in [0.29, 0.717) is 17.4 Å². The predicted octanol–water partition coefficient (Wildman–Crippen LogP) is 2.44. The molecule has 4 rings (SSSR count). The van der Waals surface area contributed by atoms with Crippen molar-refractivity contribution in [3.05, 3.63) is 35.4 Å². The quantitative estimate of drug-likeness (QED) is 0.439. The number of nitrogens with two attached hydrogens (primary N) is 1. The summed E-state index contributed by atoms with van der Waals surface area (Å²) in [5.74, 6) is 0.320. The minimum Gasteiger partial charge on any atom is -0.373 e. The van der Waals surface area contributed by atoms with E-state index in [2.05, 4.69) is 38.9 Å². The van der Waals surface area contributed by atoms with Crippen LogP contribution in [0, 0.1) is 11.8 Å². The molecule has 0 spiro atoms. The molecule has 2 atom stereocenters. The minimum atomic E-state index is -0.403. The summed E-state index contributed by atoms with van der Waals surface area (Å²) in [6, 6.07) is 7.71. The SMILES string of the molecule is CI.COC1(c2cccc(C(N)=O)c2)C2CCCC1CN(CCN1CCNC1=O)C2. The number of hydrogen-bond donors (Lipinski definition) is 2. The Bertz CT molecular complexity index is 746. The molecule has 7 nitrogen and oxygen atoms in total. The number of nitrogens with one attached hydrogen (secondary N) is 1. The Morgan fingerprint density at radius 3 is 2.53 bits per heavy atom. The standard InChI is InChI=1S/C21H30N4O3.CH3I/c1-28-21(16-5-2-4-15(12-16)19(22)26)17-6-3-7-18(21)14-24(13-17)10-11-25-9-8-23-20(25)27;1-2/h2,4-5,12,17-18H,3,6-11,13-14H2,1H3,(H2,22,26)(H,23,27);1H3. The maximum atomic E-state index is 11.8. The monoisotopic (exact) mass is 528 g/mol. The Labute approximate surface area is 192 Å². The smallest absolute Gasteiger partial charge is 0.317 e. The van der Waals surface area contributed by atoms with Crippen LogP contribution in [-0.2, 0) is 10.3 Å². The molecule has 2 bridgehead atoms. The van der Waals surface area contributed by atoms with E-state index in [1.54, 1.807) is 13.2 Å². The van der Waals surface area contributed by atoms with Gasteiger partial charge in [-0.15, -0.1) is 0 Å². The molecule has 2 saturated heterocycles. The van der Waals surface area contributed by atoms with Crippen molar-refractivity contribution >= 4 is 34.5 Å². The lowest BCUT2D eigenvalue weighted by molar-refractivity contribution is -0.169. The van der Waals surface area contributed by atoms with Gasteiger partial charge in [-0.1, -0.05) is 41.1 Å². The lowest BCUT2D eigenvalue weighted by Gasteiger charge is -2.55. The third-order valence-corrected chi connectivity index (χ3v) is 6.84. The summed E-state index contributed by atoms with van der Waals surface area (Å²) in [7, 11) is 1.80. The van der Waals surface area contributed by atoms with E-state index in [4.69, 9.17) is 10.5 Å². The van der Waals surface area contributed by atoms with Crippen molar-refractivity contribution in [1.29, 1.82) is 0 Å². The molecule has 0 radical (unpaired) electrons. The van der Waals surface area contributed by atoms with E-state index in [0.717, 1.165) is 57.7 Å². The average Bonchev–Trinajstić information content (AvgIpc) is 3.17. The first kappa shape index (κ1) is 23.3. The molecule has 2 aliphatic heterocycles. The number of alkyl halides is 1.